The molecule has 0 atom stereocenters. The summed E-state index contributed by atoms with van der Waals surface area (Å²) in [7, 11) is 0. The second kappa shape index (κ2) is 8.27. The number of carbonyl (C=O) groups is 1. The van der Waals surface area contributed by atoms with Crippen LogP contribution in [0.2, 0.25) is 5.02 Å². The number of hydrogen-bond donors (Lipinski definition) is 0. The molecule has 0 saturated carbocycles. The monoisotopic (exact) mass is 447 g/mol. The quantitative estimate of drug-likeness (QED) is 0.381. The molecule has 2 aromatic heterocycles. The zero-order valence-electron chi connectivity index (χ0n) is 15.9. The summed E-state index contributed by atoms with van der Waals surface area (Å²) in [6.45, 7) is 1.64. The molecule has 4 rings (SSSR count). The number of benzene rings is 2. The van der Waals surface area contributed by atoms with E-state index < -0.39 is 23.4 Å². The van der Waals surface area contributed by atoms with Gasteiger partial charge in [0.2, 0.25) is 0 Å². The largest absolute Gasteiger partial charge is 0.461 e. The topological polar surface area (TPSA) is 70.2 Å². The van der Waals surface area contributed by atoms with E-state index in [1.165, 1.54) is 30.5 Å². The molecule has 2 heterocycles. The molecule has 2 aromatic carbocycles. The van der Waals surface area contributed by atoms with Crippen molar-refractivity contribution in [2.45, 2.75) is 6.92 Å². The highest BCUT2D eigenvalue weighted by molar-refractivity contribution is 6.33. The molecule has 0 amide bonds. The molecule has 0 fully saturated rings. The maximum atomic E-state index is 14.3. The molecule has 0 spiro atoms. The summed E-state index contributed by atoms with van der Waals surface area (Å²) < 4.78 is 53.2. The minimum Gasteiger partial charge on any atom is -0.461 e. The van der Waals surface area contributed by atoms with Gasteiger partial charge in [0.15, 0.2) is 17.3 Å². The molecule has 0 radical (unpaired) electrons. The van der Waals surface area contributed by atoms with E-state index in [4.69, 9.17) is 20.9 Å². The summed E-state index contributed by atoms with van der Waals surface area (Å²) in [5, 5.41) is 7.99. The molecule has 0 aliphatic heterocycles. The first-order valence-electron chi connectivity index (χ1n) is 9.02. The van der Waals surface area contributed by atoms with Gasteiger partial charge in [0.05, 0.1) is 29.0 Å². The summed E-state index contributed by atoms with van der Waals surface area (Å²) in [5.74, 6) is -3.10. The van der Waals surface area contributed by atoms with Gasteiger partial charge in [0.25, 0.3) is 0 Å². The molecule has 31 heavy (non-hydrogen) atoms. The Balaban J connectivity index is 1.86. The maximum Gasteiger partial charge on any atom is 0.357 e. The van der Waals surface area contributed by atoms with Crippen LogP contribution in [-0.2, 0) is 4.74 Å². The Labute approximate surface area is 178 Å². The fourth-order valence-electron chi connectivity index (χ4n) is 3.02. The fraction of sp³-hybridized carbons (Fsp3) is 0.0952. The van der Waals surface area contributed by atoms with Gasteiger partial charge in [-0.2, -0.15) is 5.10 Å². The Kier molecular flexibility index (Phi) is 5.51. The SMILES string of the molecule is CCOC(=O)c1c(-c2cc(-c3c(F)cccc3Cl)no2)cnn1-c1ccc(F)cc1F. The third kappa shape index (κ3) is 3.79. The number of esters is 1. The summed E-state index contributed by atoms with van der Waals surface area (Å²) in [4.78, 5) is 12.6. The van der Waals surface area contributed by atoms with Crippen molar-refractivity contribution in [3.8, 4) is 28.3 Å². The Morgan fingerprint density at radius 3 is 2.68 bits per heavy atom. The number of halogens is 4. The highest BCUT2D eigenvalue weighted by Gasteiger charge is 2.27. The van der Waals surface area contributed by atoms with E-state index in [1.807, 2.05) is 0 Å². The summed E-state index contributed by atoms with van der Waals surface area (Å²) in [6, 6.07) is 8.36. The molecule has 0 aliphatic rings. The van der Waals surface area contributed by atoms with Crippen molar-refractivity contribution in [1.29, 1.82) is 0 Å². The first-order valence-corrected chi connectivity index (χ1v) is 9.40. The van der Waals surface area contributed by atoms with Gasteiger partial charge in [0.1, 0.15) is 23.0 Å². The maximum absolute atomic E-state index is 14.3. The predicted molar refractivity (Wildman–Crippen MR) is 105 cm³/mol. The molecule has 158 valence electrons. The van der Waals surface area contributed by atoms with Crippen LogP contribution >= 0.6 is 11.6 Å². The minimum atomic E-state index is -0.934. The predicted octanol–water partition coefficient (Wildman–Crippen LogP) is 5.44. The molecular weight excluding hydrogens is 435 g/mol. The number of hydrogen-bond acceptors (Lipinski definition) is 5. The van der Waals surface area contributed by atoms with Crippen LogP contribution in [0.25, 0.3) is 28.3 Å². The Morgan fingerprint density at radius 1 is 1.16 bits per heavy atom. The van der Waals surface area contributed by atoms with E-state index in [9.17, 15) is 18.0 Å². The van der Waals surface area contributed by atoms with E-state index in [1.54, 1.807) is 6.92 Å². The second-order valence-corrected chi connectivity index (χ2v) is 6.72. The van der Waals surface area contributed by atoms with Crippen molar-refractivity contribution < 1.29 is 27.2 Å². The second-order valence-electron chi connectivity index (χ2n) is 6.31. The van der Waals surface area contributed by atoms with Crippen LogP contribution in [0.3, 0.4) is 0 Å². The van der Waals surface area contributed by atoms with Crippen LogP contribution in [0.1, 0.15) is 17.4 Å². The molecule has 0 bridgehead atoms. The van der Waals surface area contributed by atoms with Crippen molar-refractivity contribution in [1.82, 2.24) is 14.9 Å². The van der Waals surface area contributed by atoms with Crippen LogP contribution in [0.5, 0.6) is 0 Å². The third-order valence-corrected chi connectivity index (χ3v) is 4.69. The van der Waals surface area contributed by atoms with Crippen molar-refractivity contribution in [2.75, 3.05) is 6.61 Å². The van der Waals surface area contributed by atoms with Gasteiger partial charge >= 0.3 is 5.97 Å². The van der Waals surface area contributed by atoms with Gasteiger partial charge in [-0.15, -0.1) is 0 Å². The highest BCUT2D eigenvalue weighted by atomic mass is 35.5. The van der Waals surface area contributed by atoms with E-state index in [-0.39, 0.29) is 45.6 Å². The lowest BCUT2D eigenvalue weighted by molar-refractivity contribution is 0.0516. The smallest absolute Gasteiger partial charge is 0.357 e. The van der Waals surface area contributed by atoms with Crippen LogP contribution in [0.4, 0.5) is 13.2 Å². The van der Waals surface area contributed by atoms with Gasteiger partial charge < -0.3 is 9.26 Å². The van der Waals surface area contributed by atoms with E-state index in [0.717, 1.165) is 16.8 Å². The Bertz CT molecular complexity index is 1270. The average molecular weight is 448 g/mol. The number of rotatable bonds is 5. The Hall–Kier alpha value is -3.59. The minimum absolute atomic E-state index is 0.0221. The van der Waals surface area contributed by atoms with Gasteiger partial charge in [0, 0.05) is 12.1 Å². The average Bonchev–Trinajstić information content (AvgIpc) is 3.35. The van der Waals surface area contributed by atoms with Gasteiger partial charge in [-0.05, 0) is 31.2 Å². The number of nitrogens with zero attached hydrogens (tertiary/aromatic N) is 3. The summed E-state index contributed by atoms with van der Waals surface area (Å²) in [6.07, 6.45) is 1.24. The van der Waals surface area contributed by atoms with E-state index in [0.29, 0.717) is 6.07 Å². The molecule has 0 N–H and O–H groups in total. The van der Waals surface area contributed by atoms with Crippen LogP contribution in [0, 0.1) is 17.5 Å². The lowest BCUT2D eigenvalue weighted by atomic mass is 10.1. The fourth-order valence-corrected chi connectivity index (χ4v) is 3.28. The van der Waals surface area contributed by atoms with Crippen molar-refractivity contribution in [3.05, 3.63) is 76.8 Å². The normalized spacial score (nSPS) is 11.0. The molecule has 6 nitrogen and oxygen atoms in total. The van der Waals surface area contributed by atoms with Crippen LogP contribution < -0.4 is 0 Å². The zero-order valence-corrected chi connectivity index (χ0v) is 16.7. The molecule has 0 saturated heterocycles. The van der Waals surface area contributed by atoms with E-state index >= 15 is 0 Å². The Morgan fingerprint density at radius 2 is 1.97 bits per heavy atom. The number of aromatic nitrogens is 3. The number of ether oxygens (including phenoxy) is 1. The zero-order chi connectivity index (χ0) is 22.1. The molecular formula is C21H13ClF3N3O3. The van der Waals surface area contributed by atoms with Crippen molar-refractivity contribution in [3.63, 3.8) is 0 Å². The molecule has 0 aliphatic carbocycles. The van der Waals surface area contributed by atoms with Crippen molar-refractivity contribution in [2.24, 2.45) is 0 Å². The van der Waals surface area contributed by atoms with E-state index in [2.05, 4.69) is 10.3 Å². The van der Waals surface area contributed by atoms with Crippen LogP contribution in [-0.4, -0.2) is 27.5 Å². The standard InChI is InChI=1S/C21H13ClF3N3O3/c1-2-30-21(29)20-12(10-26-28(20)17-7-6-11(23)8-15(17)25)18-9-16(27-31-18)19-13(22)4-3-5-14(19)24/h3-10H,2H2,1H3. The van der Waals surface area contributed by atoms with Gasteiger partial charge in [-0.25, -0.2) is 22.6 Å². The summed E-state index contributed by atoms with van der Waals surface area (Å²) >= 11 is 6.07. The molecule has 10 heteroatoms. The molecule has 4 aromatic rings. The van der Waals surface area contributed by atoms with Crippen molar-refractivity contribution >= 4 is 17.6 Å². The first-order chi connectivity index (χ1) is 14.9. The summed E-state index contributed by atoms with van der Waals surface area (Å²) in [5.41, 5.74) is -0.113. The first kappa shape index (κ1) is 20.7. The molecule has 0 unspecified atom stereocenters. The van der Waals surface area contributed by atoms with Crippen LogP contribution in [0.15, 0.2) is 53.2 Å². The lowest BCUT2D eigenvalue weighted by Gasteiger charge is -2.09. The van der Waals surface area contributed by atoms with Gasteiger partial charge in [-0.3, -0.25) is 0 Å². The third-order valence-electron chi connectivity index (χ3n) is 4.37. The lowest BCUT2D eigenvalue weighted by Crippen LogP contribution is -2.14. The highest BCUT2D eigenvalue weighted by Crippen LogP contribution is 2.34. The number of carbonyl (C=O) groups excluding carboxylic acids is 1. The van der Waals surface area contributed by atoms with Gasteiger partial charge in [-0.1, -0.05) is 22.8 Å².